The Morgan fingerprint density at radius 1 is 0.333 bits per heavy atom. The first-order valence-corrected chi connectivity index (χ1v) is 11.7. The van der Waals surface area contributed by atoms with E-state index < -0.39 is 0 Å². The molecule has 0 aromatic carbocycles. The van der Waals surface area contributed by atoms with Gasteiger partial charge in [0.2, 0.25) is 0 Å². The van der Waals surface area contributed by atoms with Crippen molar-refractivity contribution >= 4 is 0 Å². The van der Waals surface area contributed by atoms with Crippen molar-refractivity contribution in [3.8, 4) is 0 Å². The summed E-state index contributed by atoms with van der Waals surface area (Å²) >= 11 is 0. The molecule has 0 radical (unpaired) electrons. The van der Waals surface area contributed by atoms with Gasteiger partial charge in [-0.1, -0.05) is 11.1 Å². The van der Waals surface area contributed by atoms with Crippen LogP contribution in [-0.4, -0.2) is 0 Å². The van der Waals surface area contributed by atoms with Crippen LogP contribution in [0.5, 0.6) is 0 Å². The molecule has 0 amide bonds. The summed E-state index contributed by atoms with van der Waals surface area (Å²) in [6.07, 6.45) is 6.52. The first-order chi connectivity index (χ1) is 12.0. The van der Waals surface area contributed by atoms with Gasteiger partial charge in [0, 0.05) is 0 Å². The molecule has 11 aliphatic carbocycles. The third-order valence-corrected chi connectivity index (χ3v) is 13.8. The lowest BCUT2D eigenvalue weighted by atomic mass is 9.10. The summed E-state index contributed by atoms with van der Waals surface area (Å²) in [5.41, 5.74) is 4.32. The molecule has 11 aliphatic rings. The van der Waals surface area contributed by atoms with Gasteiger partial charge in [-0.25, -0.2) is 0 Å². The summed E-state index contributed by atoms with van der Waals surface area (Å²) in [5.74, 6) is 22.5. The first-order valence-electron chi connectivity index (χ1n) is 11.7. The van der Waals surface area contributed by atoms with Crippen LogP contribution in [-0.2, 0) is 0 Å². The van der Waals surface area contributed by atoms with E-state index >= 15 is 0 Å². The summed E-state index contributed by atoms with van der Waals surface area (Å²) in [4.78, 5) is 0. The van der Waals surface area contributed by atoms with Gasteiger partial charge in [0.1, 0.15) is 0 Å². The number of hydrogen-bond donors (Lipinski definition) is 0. The van der Waals surface area contributed by atoms with Crippen molar-refractivity contribution in [2.75, 3.05) is 0 Å². The van der Waals surface area contributed by atoms with E-state index in [4.69, 9.17) is 0 Å². The first kappa shape index (κ1) is 10.8. The molecule has 0 N–H and O–H groups in total. The molecule has 0 aromatic rings. The van der Waals surface area contributed by atoms with Gasteiger partial charge in [0.25, 0.3) is 0 Å². The van der Waals surface area contributed by atoms with Crippen molar-refractivity contribution in [1.29, 1.82) is 0 Å². The van der Waals surface area contributed by atoms with E-state index in [0.29, 0.717) is 0 Å². The fraction of sp³-hybridized carbons (Fsp3) is 0.917. The zero-order valence-corrected chi connectivity index (χ0v) is 14.2. The minimum absolute atomic E-state index is 1.19. The maximum absolute atomic E-state index is 2.16. The second-order valence-corrected chi connectivity index (χ2v) is 12.6. The molecule has 0 heteroatoms. The van der Waals surface area contributed by atoms with Gasteiger partial charge in [0.05, 0.1) is 0 Å². The molecule has 0 spiro atoms. The second kappa shape index (κ2) is 2.65. The average Bonchev–Trinajstić information content (AvgIpc) is 2.49. The van der Waals surface area contributed by atoms with E-state index in [1.165, 1.54) is 107 Å². The molecule has 18 atom stereocenters. The average molecular weight is 314 g/mol. The van der Waals surface area contributed by atoms with Gasteiger partial charge in [-0.05, 0) is 132 Å². The topological polar surface area (TPSA) is 0 Å². The van der Waals surface area contributed by atoms with Crippen molar-refractivity contribution in [1.82, 2.24) is 0 Å². The van der Waals surface area contributed by atoms with Crippen LogP contribution in [0.2, 0.25) is 0 Å². The van der Waals surface area contributed by atoms with E-state index in [9.17, 15) is 0 Å². The molecular formula is C24H26. The Balaban J connectivity index is 0.978. The van der Waals surface area contributed by atoms with Gasteiger partial charge >= 0.3 is 0 Å². The van der Waals surface area contributed by atoms with Gasteiger partial charge in [-0.15, -0.1) is 0 Å². The Labute approximate surface area is 143 Å². The summed E-state index contributed by atoms with van der Waals surface area (Å²) in [6.45, 7) is 0. The Morgan fingerprint density at radius 2 is 0.667 bits per heavy atom. The highest BCUT2D eigenvalue weighted by atomic mass is 14.9. The maximum Gasteiger partial charge on any atom is -0.00943 e. The summed E-state index contributed by atoms with van der Waals surface area (Å²) in [5, 5.41) is 0. The molecule has 9 saturated carbocycles. The van der Waals surface area contributed by atoms with E-state index in [1.54, 1.807) is 25.7 Å². The smallest absolute Gasteiger partial charge is 0.00943 e. The molecule has 0 nitrogen and oxygen atoms in total. The van der Waals surface area contributed by atoms with Crippen molar-refractivity contribution in [3.63, 3.8) is 0 Å². The molecule has 0 aromatic heterocycles. The highest BCUT2D eigenvalue weighted by Gasteiger charge is 2.90. The molecule has 0 saturated heterocycles. The Kier molecular flexibility index (Phi) is 1.19. The predicted molar refractivity (Wildman–Crippen MR) is 88.3 cm³/mol. The van der Waals surface area contributed by atoms with Crippen molar-refractivity contribution in [3.05, 3.63) is 11.1 Å². The maximum atomic E-state index is 2.16. The fourth-order valence-electron chi connectivity index (χ4n) is 13.4. The minimum atomic E-state index is 1.19. The van der Waals surface area contributed by atoms with Crippen LogP contribution < -0.4 is 0 Å². The number of fused-ring (bicyclic) bond motifs is 27. The molecule has 18 unspecified atom stereocenters. The molecule has 9 fully saturated rings. The third-order valence-electron chi connectivity index (χ3n) is 13.8. The van der Waals surface area contributed by atoms with Crippen LogP contribution in [0.3, 0.4) is 0 Å². The second-order valence-electron chi connectivity index (χ2n) is 12.6. The van der Waals surface area contributed by atoms with E-state index in [1.807, 2.05) is 0 Å². The SMILES string of the molecule is C1CC2C1C1C3C4=C(C3C21)C1C4C2C1C1C3C4C5CCC5C4C3C21. The van der Waals surface area contributed by atoms with Crippen LogP contribution in [0.1, 0.15) is 25.7 Å². The fourth-order valence-corrected chi connectivity index (χ4v) is 13.4. The van der Waals surface area contributed by atoms with Crippen LogP contribution in [0.25, 0.3) is 0 Å². The van der Waals surface area contributed by atoms with Crippen LogP contribution in [0.15, 0.2) is 11.1 Å². The van der Waals surface area contributed by atoms with Crippen molar-refractivity contribution in [2.24, 2.45) is 107 Å². The third kappa shape index (κ3) is 0.631. The lowest BCUT2D eigenvalue weighted by molar-refractivity contribution is -0.435. The van der Waals surface area contributed by atoms with Crippen LogP contribution in [0, 0.1) is 107 Å². The lowest BCUT2D eigenvalue weighted by Gasteiger charge is -2.94. The van der Waals surface area contributed by atoms with Gasteiger partial charge in [0.15, 0.2) is 0 Å². The lowest BCUT2D eigenvalue weighted by Crippen LogP contribution is -2.90. The Morgan fingerprint density at radius 3 is 1.08 bits per heavy atom. The number of hydrogen-bond acceptors (Lipinski definition) is 0. The van der Waals surface area contributed by atoms with Crippen LogP contribution in [0.4, 0.5) is 0 Å². The molecule has 11 rings (SSSR count). The minimum Gasteiger partial charge on any atom is -0.0624 e. The zero-order chi connectivity index (χ0) is 14.4. The normalized spacial score (nSPS) is 88.0. The summed E-state index contributed by atoms with van der Waals surface area (Å²) in [6, 6.07) is 0. The summed E-state index contributed by atoms with van der Waals surface area (Å²) in [7, 11) is 0. The monoisotopic (exact) mass is 314 g/mol. The number of rotatable bonds is 0. The van der Waals surface area contributed by atoms with Crippen LogP contribution >= 0.6 is 0 Å². The van der Waals surface area contributed by atoms with Gasteiger partial charge < -0.3 is 0 Å². The quantitative estimate of drug-likeness (QED) is 0.467. The number of allylic oxidation sites excluding steroid dienone is 2. The highest BCUT2D eigenvalue weighted by Crippen LogP contribution is 2.95. The largest absolute Gasteiger partial charge is 0.0624 e. The van der Waals surface area contributed by atoms with Gasteiger partial charge in [-0.2, -0.15) is 0 Å². The Hall–Kier alpha value is -0.260. The Bertz CT molecular complexity index is 767. The zero-order valence-electron chi connectivity index (χ0n) is 14.2. The van der Waals surface area contributed by atoms with Crippen molar-refractivity contribution < 1.29 is 0 Å². The molecule has 0 aliphatic heterocycles. The molecule has 0 bridgehead atoms. The van der Waals surface area contributed by atoms with E-state index in [0.717, 1.165) is 0 Å². The summed E-state index contributed by atoms with van der Waals surface area (Å²) < 4.78 is 0. The van der Waals surface area contributed by atoms with Gasteiger partial charge in [-0.3, -0.25) is 0 Å². The van der Waals surface area contributed by atoms with E-state index in [2.05, 4.69) is 11.1 Å². The van der Waals surface area contributed by atoms with E-state index in [-0.39, 0.29) is 0 Å². The molecular weight excluding hydrogens is 288 g/mol. The standard InChI is InChI=1S/C24H26/c1-2-6-5(1)9-10(6)14-13(9)17-18(14)22-21(17)23-19-15-11-7-3-4-8(7)12(11)16(15)20(19)24(22)23/h5-18,21-24H,1-4H2. The predicted octanol–water partition coefficient (Wildman–Crippen LogP) is 4.08. The highest BCUT2D eigenvalue weighted by molar-refractivity contribution is 5.59. The van der Waals surface area contributed by atoms with Crippen molar-refractivity contribution in [2.45, 2.75) is 25.7 Å². The molecule has 122 valence electrons. The molecule has 0 heterocycles. The molecule has 24 heavy (non-hydrogen) atoms.